The molecule has 0 radical (unpaired) electrons. The Morgan fingerprint density at radius 2 is 1.51 bits per heavy atom. The van der Waals surface area contributed by atoms with E-state index in [1.165, 1.54) is 10.00 Å². The Hall–Kier alpha value is -3.96. The molecule has 2 heterocycles. The van der Waals surface area contributed by atoms with Gasteiger partial charge in [0.1, 0.15) is 12.4 Å². The van der Waals surface area contributed by atoms with E-state index in [2.05, 4.69) is 47.8 Å². The van der Waals surface area contributed by atoms with Gasteiger partial charge < -0.3 is 23.8 Å². The molecule has 1 aromatic heterocycles. The predicted octanol–water partition coefficient (Wildman–Crippen LogP) is 5.21. The number of benzene rings is 3. The largest absolute Gasteiger partial charge is 0.497 e. The van der Waals surface area contributed by atoms with E-state index < -0.39 is 10.0 Å². The Morgan fingerprint density at radius 3 is 2.13 bits per heavy atom. The molecule has 5 rings (SSSR count). The van der Waals surface area contributed by atoms with Gasteiger partial charge in [0.05, 0.1) is 24.7 Å². The molecule has 0 spiro atoms. The zero-order valence-electron chi connectivity index (χ0n) is 28.1. The molecule has 10 heteroatoms. The number of sulfonamides is 1. The van der Waals surface area contributed by atoms with E-state index in [4.69, 9.17) is 9.47 Å². The Morgan fingerprint density at radius 1 is 0.872 bits per heavy atom. The van der Waals surface area contributed by atoms with Crippen LogP contribution in [0.2, 0.25) is 0 Å². The van der Waals surface area contributed by atoms with Crippen molar-refractivity contribution in [3.05, 3.63) is 119 Å². The lowest BCUT2D eigenvalue weighted by Crippen LogP contribution is -2.45. The van der Waals surface area contributed by atoms with Crippen LogP contribution >= 0.6 is 0 Å². The van der Waals surface area contributed by atoms with Crippen LogP contribution in [0.4, 0.5) is 0 Å². The van der Waals surface area contributed by atoms with Crippen LogP contribution in [0.15, 0.2) is 89.8 Å². The number of aryl methyl sites for hydroxylation is 2. The van der Waals surface area contributed by atoms with Gasteiger partial charge in [-0.2, -0.15) is 4.31 Å². The maximum Gasteiger partial charge on any atom is 0.249 e. The number of amides is 1. The van der Waals surface area contributed by atoms with Crippen LogP contribution in [0.25, 0.3) is 0 Å². The van der Waals surface area contributed by atoms with Gasteiger partial charge in [-0.3, -0.25) is 4.79 Å². The average Bonchev–Trinajstić information content (AvgIpc) is 3.45. The highest BCUT2D eigenvalue weighted by Gasteiger charge is 2.33. The van der Waals surface area contributed by atoms with Crippen molar-refractivity contribution in [1.29, 1.82) is 0 Å². The van der Waals surface area contributed by atoms with Gasteiger partial charge in [-0.25, -0.2) is 8.42 Å². The third kappa shape index (κ3) is 8.13. The summed E-state index contributed by atoms with van der Waals surface area (Å²) in [4.78, 5) is 18.1. The number of ether oxygens (including phenoxy) is 2. The molecule has 1 atom stereocenters. The van der Waals surface area contributed by atoms with Crippen LogP contribution in [0, 0.1) is 13.8 Å². The molecule has 47 heavy (non-hydrogen) atoms. The number of aromatic nitrogens is 1. The minimum absolute atomic E-state index is 0.0760. The number of rotatable bonds is 14. The SMILES string of the molecule is COc1cc(C)c(S(=O)(=O)N(CCOCC(=O)N2CCn3c(CN(C)C)ccc3C2Cc2ccccc2)Cc2ccccc2)c(C)c1. The molecule has 1 amide bonds. The minimum atomic E-state index is -3.89. The Balaban J connectivity index is 1.31. The first-order valence-electron chi connectivity index (χ1n) is 16.0. The van der Waals surface area contributed by atoms with Crippen molar-refractivity contribution in [2.24, 2.45) is 0 Å². The second-order valence-electron chi connectivity index (χ2n) is 12.4. The molecule has 3 aromatic carbocycles. The van der Waals surface area contributed by atoms with Crippen LogP contribution in [-0.2, 0) is 45.6 Å². The lowest BCUT2D eigenvalue weighted by atomic mass is 10.00. The number of methoxy groups -OCH3 is 1. The molecule has 0 saturated heterocycles. The van der Waals surface area contributed by atoms with E-state index in [9.17, 15) is 13.2 Å². The molecule has 9 nitrogen and oxygen atoms in total. The third-order valence-electron chi connectivity index (χ3n) is 8.64. The average molecular weight is 659 g/mol. The van der Waals surface area contributed by atoms with Gasteiger partial charge in [0.15, 0.2) is 0 Å². The van der Waals surface area contributed by atoms with Crippen molar-refractivity contribution in [3.63, 3.8) is 0 Å². The summed E-state index contributed by atoms with van der Waals surface area (Å²) in [5, 5.41) is 0. The second kappa shape index (κ2) is 15.3. The summed E-state index contributed by atoms with van der Waals surface area (Å²) < 4.78 is 43.3. The van der Waals surface area contributed by atoms with Crippen LogP contribution < -0.4 is 4.74 Å². The van der Waals surface area contributed by atoms with Crippen molar-refractivity contribution >= 4 is 15.9 Å². The lowest BCUT2D eigenvalue weighted by Gasteiger charge is -2.38. The fourth-order valence-electron chi connectivity index (χ4n) is 6.47. The number of hydrogen-bond acceptors (Lipinski definition) is 6. The normalized spacial score (nSPS) is 14.9. The molecule has 0 fully saturated rings. The van der Waals surface area contributed by atoms with E-state index in [0.717, 1.165) is 23.4 Å². The van der Waals surface area contributed by atoms with E-state index in [0.29, 0.717) is 36.4 Å². The lowest BCUT2D eigenvalue weighted by molar-refractivity contribution is -0.139. The van der Waals surface area contributed by atoms with Gasteiger partial charge in [0, 0.05) is 44.1 Å². The van der Waals surface area contributed by atoms with Gasteiger partial charge in [0.2, 0.25) is 15.9 Å². The van der Waals surface area contributed by atoms with Crippen LogP contribution in [0.5, 0.6) is 5.75 Å². The van der Waals surface area contributed by atoms with E-state index in [1.807, 2.05) is 53.4 Å². The number of hydrogen-bond donors (Lipinski definition) is 0. The van der Waals surface area contributed by atoms with E-state index in [1.54, 1.807) is 33.1 Å². The standard InChI is InChI=1S/C37H46N4O5S/c1-28-22-33(45-5)23-29(2)37(28)47(43,44)39(25-31-14-10-7-11-15-31)20-21-46-27-36(42)41-19-18-40-32(26-38(3)4)16-17-34(40)35(41)24-30-12-8-6-9-13-30/h6-17,22-23,35H,18-21,24-27H2,1-5H3. The van der Waals surface area contributed by atoms with Crippen molar-refractivity contribution < 1.29 is 22.7 Å². The summed E-state index contributed by atoms with van der Waals surface area (Å²) in [6.45, 7) is 5.91. The maximum absolute atomic E-state index is 14.1. The highest BCUT2D eigenvalue weighted by Crippen LogP contribution is 2.32. The zero-order valence-corrected chi connectivity index (χ0v) is 28.9. The molecule has 4 aromatic rings. The highest BCUT2D eigenvalue weighted by atomic mass is 32.2. The molecule has 1 unspecified atom stereocenters. The van der Waals surface area contributed by atoms with Gasteiger partial charge >= 0.3 is 0 Å². The Bertz CT molecular complexity index is 1730. The fraction of sp³-hybridized carbons (Fsp3) is 0.378. The summed E-state index contributed by atoms with van der Waals surface area (Å²) >= 11 is 0. The number of carbonyl (C=O) groups is 1. The van der Waals surface area contributed by atoms with E-state index in [-0.39, 0.29) is 43.1 Å². The summed E-state index contributed by atoms with van der Waals surface area (Å²) in [6.07, 6.45) is 0.696. The monoisotopic (exact) mass is 658 g/mol. The molecule has 0 aliphatic carbocycles. The summed E-state index contributed by atoms with van der Waals surface area (Å²) in [7, 11) is 1.79. The second-order valence-corrected chi connectivity index (χ2v) is 14.3. The molecule has 1 aliphatic rings. The van der Waals surface area contributed by atoms with Gasteiger partial charge in [-0.05, 0) is 80.9 Å². The van der Waals surface area contributed by atoms with Crippen LogP contribution in [0.3, 0.4) is 0 Å². The third-order valence-corrected chi connectivity index (χ3v) is 10.8. The quantitative estimate of drug-likeness (QED) is 0.173. The first kappa shape index (κ1) is 34.4. The minimum Gasteiger partial charge on any atom is -0.497 e. The van der Waals surface area contributed by atoms with Crippen molar-refractivity contribution in [2.45, 2.75) is 50.8 Å². The predicted molar refractivity (Wildman–Crippen MR) is 184 cm³/mol. The molecular formula is C37H46N4O5S. The van der Waals surface area contributed by atoms with Gasteiger partial charge in [-0.1, -0.05) is 60.7 Å². The Kier molecular flexibility index (Phi) is 11.2. The topological polar surface area (TPSA) is 84.3 Å². The maximum atomic E-state index is 14.1. The van der Waals surface area contributed by atoms with Crippen molar-refractivity contribution in [1.82, 2.24) is 18.7 Å². The molecule has 0 bridgehead atoms. The van der Waals surface area contributed by atoms with Crippen molar-refractivity contribution in [3.8, 4) is 5.75 Å². The number of carbonyl (C=O) groups excluding carboxylic acids is 1. The molecule has 1 aliphatic heterocycles. The Labute approximate surface area is 279 Å². The van der Waals surface area contributed by atoms with Crippen molar-refractivity contribution in [2.75, 3.05) is 47.5 Å². The molecule has 250 valence electrons. The summed E-state index contributed by atoms with van der Waals surface area (Å²) in [6, 6.07) is 27.4. The molecular weight excluding hydrogens is 612 g/mol. The first-order chi connectivity index (χ1) is 22.6. The number of fused-ring (bicyclic) bond motifs is 1. The van der Waals surface area contributed by atoms with Gasteiger partial charge in [0.25, 0.3) is 0 Å². The number of nitrogens with zero attached hydrogens (tertiary/aromatic N) is 4. The van der Waals surface area contributed by atoms with E-state index >= 15 is 0 Å². The highest BCUT2D eigenvalue weighted by molar-refractivity contribution is 7.89. The fourth-order valence-corrected chi connectivity index (χ4v) is 8.30. The molecule has 0 saturated carbocycles. The zero-order chi connectivity index (χ0) is 33.6. The van der Waals surface area contributed by atoms with Crippen LogP contribution in [0.1, 0.15) is 39.7 Å². The summed E-state index contributed by atoms with van der Waals surface area (Å²) in [5.74, 6) is 0.506. The molecule has 0 N–H and O–H groups in total. The first-order valence-corrected chi connectivity index (χ1v) is 17.5. The summed E-state index contributed by atoms with van der Waals surface area (Å²) in [5.41, 5.74) is 5.60. The smallest absolute Gasteiger partial charge is 0.249 e. The van der Waals surface area contributed by atoms with Gasteiger partial charge in [-0.15, -0.1) is 0 Å². The van der Waals surface area contributed by atoms with Crippen LogP contribution in [-0.4, -0.2) is 80.5 Å².